The first-order valence-electron chi connectivity index (χ1n) is 7.86. The van der Waals surface area contributed by atoms with Crippen molar-refractivity contribution in [3.8, 4) is 6.07 Å². The molecule has 0 unspecified atom stereocenters. The number of thioether (sulfide) groups is 1. The topological polar surface area (TPSA) is 80.0 Å². The van der Waals surface area contributed by atoms with E-state index in [-0.39, 0.29) is 18.8 Å². The van der Waals surface area contributed by atoms with Crippen molar-refractivity contribution in [2.75, 3.05) is 12.4 Å². The number of hydrogen-bond acceptors (Lipinski definition) is 6. The molecule has 7 heteroatoms. The van der Waals surface area contributed by atoms with E-state index in [9.17, 15) is 14.9 Å². The summed E-state index contributed by atoms with van der Waals surface area (Å²) in [6, 6.07) is 10.4. The van der Waals surface area contributed by atoms with Crippen LogP contribution in [0.15, 0.2) is 35.4 Å². The van der Waals surface area contributed by atoms with Gasteiger partial charge in [-0.2, -0.15) is 5.26 Å². The first-order chi connectivity index (χ1) is 12.4. The molecular formula is C19H17ClN2O3S. The number of hydrogen-bond donors (Lipinski definition) is 0. The lowest BCUT2D eigenvalue weighted by Gasteiger charge is -2.07. The number of ether oxygens (including phenoxy) is 1. The molecule has 1 heterocycles. The number of pyridine rings is 1. The molecule has 0 fully saturated rings. The number of benzene rings is 1. The molecule has 26 heavy (non-hydrogen) atoms. The molecule has 0 aliphatic heterocycles. The monoisotopic (exact) mass is 388 g/mol. The quantitative estimate of drug-likeness (QED) is 0.403. The van der Waals surface area contributed by atoms with Crippen LogP contribution in [0, 0.1) is 25.2 Å². The van der Waals surface area contributed by atoms with Crippen LogP contribution < -0.4 is 0 Å². The lowest BCUT2D eigenvalue weighted by molar-refractivity contribution is -0.141. The smallest absolute Gasteiger partial charge is 0.307 e. The van der Waals surface area contributed by atoms with E-state index in [0.29, 0.717) is 26.9 Å². The van der Waals surface area contributed by atoms with E-state index in [1.165, 1.54) is 11.8 Å². The maximum atomic E-state index is 11.9. The fourth-order valence-corrected chi connectivity index (χ4v) is 3.36. The minimum Gasteiger partial charge on any atom is -0.457 e. The van der Waals surface area contributed by atoms with Gasteiger partial charge in [-0.05, 0) is 49.7 Å². The predicted octanol–water partition coefficient (Wildman–Crippen LogP) is 4.13. The molecule has 0 N–H and O–H groups in total. The zero-order chi connectivity index (χ0) is 19.1. The number of esters is 1. The fourth-order valence-electron chi connectivity index (χ4n) is 2.21. The Kier molecular flexibility index (Phi) is 7.19. The fraction of sp³-hybridized carbons (Fsp3) is 0.263. The summed E-state index contributed by atoms with van der Waals surface area (Å²) in [5.74, 6) is -0.341. The Balaban J connectivity index is 1.82. The van der Waals surface area contributed by atoms with E-state index >= 15 is 0 Å². The van der Waals surface area contributed by atoms with Crippen molar-refractivity contribution in [2.24, 2.45) is 0 Å². The number of nitriles is 1. The highest BCUT2D eigenvalue weighted by Gasteiger charge is 2.12. The maximum absolute atomic E-state index is 11.9. The maximum Gasteiger partial charge on any atom is 0.307 e. The molecule has 134 valence electrons. The zero-order valence-corrected chi connectivity index (χ0v) is 16.0. The molecule has 2 aromatic rings. The molecule has 0 amide bonds. The minimum atomic E-state index is -0.470. The average molecular weight is 389 g/mol. The molecule has 0 radical (unpaired) electrons. The van der Waals surface area contributed by atoms with Crippen LogP contribution >= 0.6 is 23.4 Å². The molecule has 0 saturated carbocycles. The third-order valence-corrected chi connectivity index (χ3v) is 4.73. The van der Waals surface area contributed by atoms with Crippen LogP contribution in [0.5, 0.6) is 0 Å². The molecule has 0 aliphatic carbocycles. The number of carbonyl (C=O) groups excluding carboxylic acids is 2. The number of Topliss-reactive ketones (excluding diaryl/α,β-unsaturated/α-hetero) is 1. The molecule has 0 spiro atoms. The number of aromatic nitrogens is 1. The number of aryl methyl sites for hydroxylation is 2. The summed E-state index contributed by atoms with van der Waals surface area (Å²) >= 11 is 7.09. The van der Waals surface area contributed by atoms with Gasteiger partial charge in [0.25, 0.3) is 0 Å². The summed E-state index contributed by atoms with van der Waals surface area (Å²) in [5.41, 5.74) is 2.64. The van der Waals surface area contributed by atoms with Gasteiger partial charge in [-0.1, -0.05) is 11.6 Å². The lowest BCUT2D eigenvalue weighted by atomic mass is 10.1. The van der Waals surface area contributed by atoms with Gasteiger partial charge in [0, 0.05) is 22.0 Å². The first-order valence-corrected chi connectivity index (χ1v) is 9.22. The Hall–Kier alpha value is -2.36. The zero-order valence-electron chi connectivity index (χ0n) is 14.4. The number of carbonyl (C=O) groups is 2. The van der Waals surface area contributed by atoms with Gasteiger partial charge < -0.3 is 4.74 Å². The van der Waals surface area contributed by atoms with Crippen LogP contribution in [0.4, 0.5) is 0 Å². The van der Waals surface area contributed by atoms with E-state index in [1.807, 2.05) is 19.9 Å². The Bertz CT molecular complexity index is 860. The van der Waals surface area contributed by atoms with Crippen molar-refractivity contribution in [2.45, 2.75) is 25.3 Å². The molecule has 0 saturated heterocycles. The predicted molar refractivity (Wildman–Crippen MR) is 101 cm³/mol. The van der Waals surface area contributed by atoms with Crippen LogP contribution in [0.2, 0.25) is 5.02 Å². The molecule has 1 aromatic heterocycles. The Morgan fingerprint density at radius 1 is 1.27 bits per heavy atom. The largest absolute Gasteiger partial charge is 0.457 e. The summed E-state index contributed by atoms with van der Waals surface area (Å²) < 4.78 is 5.01. The molecule has 0 aliphatic rings. The summed E-state index contributed by atoms with van der Waals surface area (Å²) in [4.78, 5) is 28.1. The number of ketones is 1. The highest BCUT2D eigenvalue weighted by Crippen LogP contribution is 2.24. The van der Waals surface area contributed by atoms with Gasteiger partial charge in [-0.15, -0.1) is 11.8 Å². The highest BCUT2D eigenvalue weighted by molar-refractivity contribution is 7.99. The lowest BCUT2D eigenvalue weighted by Crippen LogP contribution is -2.14. The van der Waals surface area contributed by atoms with Gasteiger partial charge in [0.1, 0.15) is 11.1 Å². The van der Waals surface area contributed by atoms with Crippen LogP contribution in [0.3, 0.4) is 0 Å². The van der Waals surface area contributed by atoms with Gasteiger partial charge in [0.2, 0.25) is 0 Å². The van der Waals surface area contributed by atoms with Gasteiger partial charge >= 0.3 is 5.97 Å². The van der Waals surface area contributed by atoms with Crippen LogP contribution in [-0.4, -0.2) is 29.1 Å². The Morgan fingerprint density at radius 3 is 2.62 bits per heavy atom. The van der Waals surface area contributed by atoms with Crippen molar-refractivity contribution in [1.29, 1.82) is 5.26 Å². The Morgan fingerprint density at radius 2 is 1.96 bits per heavy atom. The second-order valence-corrected chi connectivity index (χ2v) is 7.08. The third-order valence-electron chi connectivity index (χ3n) is 3.50. The standard InChI is InChI=1S/C19H17ClN2O3S/c1-12-9-13(2)22-19(16(12)10-21)26-8-7-18(24)25-11-17(23)14-3-5-15(20)6-4-14/h3-6,9H,7-8,11H2,1-2H3. The van der Waals surface area contributed by atoms with E-state index in [1.54, 1.807) is 24.3 Å². The van der Waals surface area contributed by atoms with E-state index in [0.717, 1.165) is 11.3 Å². The Labute approximate surface area is 161 Å². The third kappa shape index (κ3) is 5.58. The van der Waals surface area contributed by atoms with E-state index in [2.05, 4.69) is 11.1 Å². The van der Waals surface area contributed by atoms with Crippen molar-refractivity contribution >= 4 is 35.1 Å². The van der Waals surface area contributed by atoms with Crippen LogP contribution in [0.25, 0.3) is 0 Å². The molecule has 5 nitrogen and oxygen atoms in total. The summed E-state index contributed by atoms with van der Waals surface area (Å²) in [6.07, 6.45) is 0.123. The first kappa shape index (κ1) is 20.0. The SMILES string of the molecule is Cc1cc(C)c(C#N)c(SCCC(=O)OCC(=O)c2ccc(Cl)cc2)n1. The number of halogens is 1. The molecule has 2 rings (SSSR count). The molecule has 0 bridgehead atoms. The number of rotatable bonds is 7. The van der Waals surface area contributed by atoms with Crippen LogP contribution in [0.1, 0.15) is 33.6 Å². The van der Waals surface area contributed by atoms with Gasteiger partial charge in [0.05, 0.1) is 12.0 Å². The molecule has 1 aromatic carbocycles. The van der Waals surface area contributed by atoms with Crippen molar-refractivity contribution in [3.63, 3.8) is 0 Å². The van der Waals surface area contributed by atoms with Gasteiger partial charge in [0.15, 0.2) is 12.4 Å². The number of nitrogens with zero attached hydrogens (tertiary/aromatic N) is 2. The second kappa shape index (κ2) is 9.37. The molecule has 0 atom stereocenters. The van der Waals surface area contributed by atoms with Crippen molar-refractivity contribution < 1.29 is 14.3 Å². The molecular weight excluding hydrogens is 372 g/mol. The average Bonchev–Trinajstić information content (AvgIpc) is 2.60. The highest BCUT2D eigenvalue weighted by atomic mass is 35.5. The van der Waals surface area contributed by atoms with Crippen molar-refractivity contribution in [1.82, 2.24) is 4.98 Å². The second-order valence-electron chi connectivity index (χ2n) is 5.56. The van der Waals surface area contributed by atoms with Gasteiger partial charge in [-0.25, -0.2) is 4.98 Å². The normalized spacial score (nSPS) is 10.2. The summed E-state index contributed by atoms with van der Waals surface area (Å²) in [6.45, 7) is 3.40. The van der Waals surface area contributed by atoms with Crippen LogP contribution in [-0.2, 0) is 9.53 Å². The summed E-state index contributed by atoms with van der Waals surface area (Å²) in [7, 11) is 0. The van der Waals surface area contributed by atoms with Gasteiger partial charge in [-0.3, -0.25) is 9.59 Å². The summed E-state index contributed by atoms with van der Waals surface area (Å²) in [5, 5.41) is 10.4. The van der Waals surface area contributed by atoms with Crippen molar-refractivity contribution in [3.05, 3.63) is 57.7 Å². The van der Waals surface area contributed by atoms with E-state index < -0.39 is 5.97 Å². The van der Waals surface area contributed by atoms with E-state index in [4.69, 9.17) is 16.3 Å². The minimum absolute atomic E-state index is 0.123.